The predicted molar refractivity (Wildman–Crippen MR) is 69.7 cm³/mol. The predicted octanol–water partition coefficient (Wildman–Crippen LogP) is 2.64. The second-order valence-electron chi connectivity index (χ2n) is 5.56. The van der Waals surface area contributed by atoms with Crippen molar-refractivity contribution in [3.63, 3.8) is 0 Å². The lowest BCUT2D eigenvalue weighted by Crippen LogP contribution is -2.45. The molecule has 16 heavy (non-hydrogen) atoms. The van der Waals surface area contributed by atoms with Gasteiger partial charge in [-0.05, 0) is 51.1 Å². The minimum atomic E-state index is 0.827. The zero-order valence-electron chi connectivity index (χ0n) is 11.0. The summed E-state index contributed by atoms with van der Waals surface area (Å²) in [6.45, 7) is 8.38. The number of rotatable bonds is 4. The van der Waals surface area contributed by atoms with Crippen LogP contribution in [-0.4, -0.2) is 36.6 Å². The zero-order chi connectivity index (χ0) is 11.4. The van der Waals surface area contributed by atoms with Crippen LogP contribution in [0, 0.1) is 5.92 Å². The van der Waals surface area contributed by atoms with Crippen molar-refractivity contribution in [1.82, 2.24) is 10.2 Å². The summed E-state index contributed by atoms with van der Waals surface area (Å²) in [5.74, 6) is 1.02. The van der Waals surface area contributed by atoms with Crippen LogP contribution in [0.4, 0.5) is 0 Å². The van der Waals surface area contributed by atoms with Crippen LogP contribution in [0.3, 0.4) is 0 Å². The van der Waals surface area contributed by atoms with Gasteiger partial charge in [-0.2, -0.15) is 0 Å². The summed E-state index contributed by atoms with van der Waals surface area (Å²) in [6, 6.07) is 1.71. The molecular formula is C14H28N2. The van der Waals surface area contributed by atoms with Gasteiger partial charge in [0.25, 0.3) is 0 Å². The Kier molecular flexibility index (Phi) is 4.66. The number of hydrogen-bond acceptors (Lipinski definition) is 2. The maximum Gasteiger partial charge on any atom is 0.0235 e. The molecule has 2 nitrogen and oxygen atoms in total. The lowest BCUT2D eigenvalue weighted by molar-refractivity contribution is 0.103. The van der Waals surface area contributed by atoms with Crippen molar-refractivity contribution in [3.05, 3.63) is 0 Å². The molecule has 1 heterocycles. The maximum absolute atomic E-state index is 3.50. The van der Waals surface area contributed by atoms with E-state index in [9.17, 15) is 0 Å². The van der Waals surface area contributed by atoms with Crippen molar-refractivity contribution < 1.29 is 0 Å². The molecule has 1 saturated heterocycles. The van der Waals surface area contributed by atoms with Crippen LogP contribution in [0.5, 0.6) is 0 Å². The van der Waals surface area contributed by atoms with Gasteiger partial charge in [-0.3, -0.25) is 4.90 Å². The third-order valence-electron chi connectivity index (χ3n) is 4.73. The Bertz CT molecular complexity index is 191. The van der Waals surface area contributed by atoms with E-state index in [1.54, 1.807) is 0 Å². The molecule has 2 fully saturated rings. The average molecular weight is 224 g/mol. The molecule has 0 bridgehead atoms. The Morgan fingerprint density at radius 2 is 1.75 bits per heavy atom. The fourth-order valence-corrected chi connectivity index (χ4v) is 3.62. The lowest BCUT2D eigenvalue weighted by Gasteiger charge is -2.39. The number of hydrogen-bond donors (Lipinski definition) is 1. The first kappa shape index (κ1) is 12.4. The first-order chi connectivity index (χ1) is 7.85. The summed E-state index contributed by atoms with van der Waals surface area (Å²) in [6.07, 6.45) is 8.59. The molecule has 0 aromatic heterocycles. The highest BCUT2D eigenvalue weighted by Gasteiger charge is 2.30. The van der Waals surface area contributed by atoms with E-state index in [2.05, 4.69) is 24.1 Å². The molecule has 0 radical (unpaired) electrons. The lowest BCUT2D eigenvalue weighted by atomic mass is 9.83. The van der Waals surface area contributed by atoms with Crippen LogP contribution in [0.1, 0.15) is 52.4 Å². The standard InChI is InChI=1S/C14H28N2/c1-3-12-5-7-13(8-6-12)16(4-2)14-9-10-15-11-14/h12-15H,3-11H2,1-2H3. The second-order valence-corrected chi connectivity index (χ2v) is 5.56. The highest BCUT2D eigenvalue weighted by atomic mass is 15.2. The molecule has 1 aliphatic carbocycles. The number of nitrogens with zero attached hydrogens (tertiary/aromatic N) is 1. The van der Waals surface area contributed by atoms with Crippen molar-refractivity contribution in [1.29, 1.82) is 0 Å². The summed E-state index contributed by atoms with van der Waals surface area (Å²) >= 11 is 0. The fourth-order valence-electron chi connectivity index (χ4n) is 3.62. The Morgan fingerprint density at radius 3 is 2.25 bits per heavy atom. The SMILES string of the molecule is CCC1CCC(N(CC)C2CCNC2)CC1. The van der Waals surface area contributed by atoms with Gasteiger partial charge in [0.2, 0.25) is 0 Å². The van der Waals surface area contributed by atoms with Gasteiger partial charge in [-0.25, -0.2) is 0 Å². The van der Waals surface area contributed by atoms with Gasteiger partial charge in [0.1, 0.15) is 0 Å². The first-order valence-corrected chi connectivity index (χ1v) is 7.31. The molecule has 0 aromatic carbocycles. The molecule has 1 unspecified atom stereocenters. The van der Waals surface area contributed by atoms with E-state index in [1.807, 2.05) is 0 Å². The average Bonchev–Trinajstić information content (AvgIpc) is 2.85. The van der Waals surface area contributed by atoms with Gasteiger partial charge in [0.05, 0.1) is 0 Å². The highest BCUT2D eigenvalue weighted by molar-refractivity contribution is 4.87. The molecule has 1 aliphatic heterocycles. The number of nitrogens with one attached hydrogen (secondary N) is 1. The Hall–Kier alpha value is -0.0800. The molecule has 94 valence electrons. The Morgan fingerprint density at radius 1 is 1.00 bits per heavy atom. The van der Waals surface area contributed by atoms with Crippen LogP contribution >= 0.6 is 0 Å². The van der Waals surface area contributed by atoms with E-state index < -0.39 is 0 Å². The van der Waals surface area contributed by atoms with Crippen molar-refractivity contribution in [2.45, 2.75) is 64.5 Å². The molecule has 2 rings (SSSR count). The van der Waals surface area contributed by atoms with Crippen LogP contribution in [0.25, 0.3) is 0 Å². The minimum absolute atomic E-state index is 0.827. The molecule has 1 saturated carbocycles. The van der Waals surface area contributed by atoms with Gasteiger partial charge >= 0.3 is 0 Å². The van der Waals surface area contributed by atoms with Crippen molar-refractivity contribution in [2.75, 3.05) is 19.6 Å². The Balaban J connectivity index is 1.85. The van der Waals surface area contributed by atoms with Crippen LogP contribution in [0.15, 0.2) is 0 Å². The normalized spacial score (nSPS) is 35.8. The molecular weight excluding hydrogens is 196 g/mol. The maximum atomic E-state index is 3.50. The molecule has 2 aliphatic rings. The zero-order valence-corrected chi connectivity index (χ0v) is 11.0. The molecule has 0 amide bonds. The van der Waals surface area contributed by atoms with Crippen LogP contribution in [-0.2, 0) is 0 Å². The largest absolute Gasteiger partial charge is 0.315 e. The summed E-state index contributed by atoms with van der Waals surface area (Å²) < 4.78 is 0. The molecule has 0 aromatic rings. The van der Waals surface area contributed by atoms with E-state index in [0.29, 0.717) is 0 Å². The van der Waals surface area contributed by atoms with Gasteiger partial charge in [-0.15, -0.1) is 0 Å². The second kappa shape index (κ2) is 6.02. The third kappa shape index (κ3) is 2.78. The van der Waals surface area contributed by atoms with Crippen molar-refractivity contribution in [3.8, 4) is 0 Å². The Labute approximate surface area is 101 Å². The van der Waals surface area contributed by atoms with E-state index in [4.69, 9.17) is 0 Å². The summed E-state index contributed by atoms with van der Waals surface area (Å²) in [5, 5.41) is 3.50. The van der Waals surface area contributed by atoms with E-state index >= 15 is 0 Å². The molecule has 1 atom stereocenters. The molecule has 0 spiro atoms. The quantitative estimate of drug-likeness (QED) is 0.790. The minimum Gasteiger partial charge on any atom is -0.315 e. The van der Waals surface area contributed by atoms with Crippen molar-refractivity contribution in [2.24, 2.45) is 5.92 Å². The summed E-state index contributed by atoms with van der Waals surface area (Å²) in [7, 11) is 0. The monoisotopic (exact) mass is 224 g/mol. The summed E-state index contributed by atoms with van der Waals surface area (Å²) in [4.78, 5) is 2.78. The fraction of sp³-hybridized carbons (Fsp3) is 1.00. The van der Waals surface area contributed by atoms with E-state index in [1.165, 1.54) is 58.2 Å². The first-order valence-electron chi connectivity index (χ1n) is 7.31. The highest BCUT2D eigenvalue weighted by Crippen LogP contribution is 2.30. The third-order valence-corrected chi connectivity index (χ3v) is 4.73. The topological polar surface area (TPSA) is 15.3 Å². The van der Waals surface area contributed by atoms with Gasteiger partial charge in [0.15, 0.2) is 0 Å². The van der Waals surface area contributed by atoms with Gasteiger partial charge < -0.3 is 5.32 Å². The number of likely N-dealkylation sites (N-methyl/N-ethyl adjacent to an activating group) is 1. The van der Waals surface area contributed by atoms with Crippen LogP contribution in [0.2, 0.25) is 0 Å². The smallest absolute Gasteiger partial charge is 0.0235 e. The van der Waals surface area contributed by atoms with Gasteiger partial charge in [0, 0.05) is 18.6 Å². The van der Waals surface area contributed by atoms with Crippen LogP contribution < -0.4 is 5.32 Å². The van der Waals surface area contributed by atoms with Gasteiger partial charge in [-0.1, -0.05) is 20.3 Å². The summed E-state index contributed by atoms with van der Waals surface area (Å²) in [5.41, 5.74) is 0. The molecule has 1 N–H and O–H groups in total. The molecule has 2 heteroatoms. The van der Waals surface area contributed by atoms with E-state index in [-0.39, 0.29) is 0 Å². The van der Waals surface area contributed by atoms with E-state index in [0.717, 1.165) is 18.0 Å². The van der Waals surface area contributed by atoms with Crippen molar-refractivity contribution >= 4 is 0 Å².